The highest BCUT2D eigenvalue weighted by atomic mass is 16.3. The van der Waals surface area contributed by atoms with Gasteiger partial charge in [0.15, 0.2) is 0 Å². The maximum Gasteiger partial charge on any atom is 0.130 e. The van der Waals surface area contributed by atoms with Crippen molar-refractivity contribution >= 4 is 10.9 Å². The zero-order valence-electron chi connectivity index (χ0n) is 14.4. The van der Waals surface area contributed by atoms with E-state index in [4.69, 9.17) is 5.73 Å². The molecule has 5 heteroatoms. The highest BCUT2D eigenvalue weighted by Crippen LogP contribution is 2.31. The van der Waals surface area contributed by atoms with Gasteiger partial charge in [0.25, 0.3) is 0 Å². The van der Waals surface area contributed by atoms with E-state index in [9.17, 15) is 5.11 Å². The number of aliphatic hydroxyl groups is 1. The smallest absolute Gasteiger partial charge is 0.130 e. The third-order valence-electron chi connectivity index (χ3n) is 5.31. The van der Waals surface area contributed by atoms with Crippen LogP contribution in [0.2, 0.25) is 0 Å². The van der Waals surface area contributed by atoms with Gasteiger partial charge in [0.2, 0.25) is 0 Å². The normalized spacial score (nSPS) is 22.2. The number of aliphatic hydroxyl groups excluding tert-OH is 1. The first kappa shape index (κ1) is 16.3. The van der Waals surface area contributed by atoms with E-state index in [2.05, 4.69) is 41.6 Å². The molecule has 25 heavy (non-hydrogen) atoms. The SMILES string of the molecule is CC1(c2ccc(-n3cc4cccc(C(N)O)c4n3)cc2)CCCNC1. The summed E-state index contributed by atoms with van der Waals surface area (Å²) in [6, 6.07) is 14.3. The van der Waals surface area contributed by atoms with E-state index in [1.165, 1.54) is 18.4 Å². The quantitative estimate of drug-likeness (QED) is 0.643. The number of nitrogens with zero attached hydrogens (tertiary/aromatic N) is 2. The van der Waals surface area contributed by atoms with E-state index in [-0.39, 0.29) is 5.41 Å². The van der Waals surface area contributed by atoms with E-state index < -0.39 is 6.23 Å². The third-order valence-corrected chi connectivity index (χ3v) is 5.31. The van der Waals surface area contributed by atoms with Crippen LogP contribution < -0.4 is 11.1 Å². The molecule has 2 unspecified atom stereocenters. The van der Waals surface area contributed by atoms with Crippen LogP contribution in [0.3, 0.4) is 0 Å². The minimum Gasteiger partial charge on any atom is -0.374 e. The Labute approximate surface area is 147 Å². The summed E-state index contributed by atoms with van der Waals surface area (Å²) in [7, 11) is 0. The molecule has 1 aliphatic rings. The molecule has 0 radical (unpaired) electrons. The summed E-state index contributed by atoms with van der Waals surface area (Å²) in [4.78, 5) is 0. The number of nitrogens with two attached hydrogens (primary N) is 1. The molecule has 0 amide bonds. The largest absolute Gasteiger partial charge is 0.374 e. The molecule has 0 spiro atoms. The minimum atomic E-state index is -1.02. The third kappa shape index (κ3) is 2.95. The molecule has 130 valence electrons. The Morgan fingerprint density at radius 1 is 1.24 bits per heavy atom. The second kappa shape index (κ2) is 6.26. The summed E-state index contributed by atoms with van der Waals surface area (Å²) in [5.74, 6) is 0. The molecule has 0 bridgehead atoms. The van der Waals surface area contributed by atoms with Crippen LogP contribution in [0.25, 0.3) is 16.6 Å². The van der Waals surface area contributed by atoms with Gasteiger partial charge in [0.05, 0.1) is 11.2 Å². The van der Waals surface area contributed by atoms with Crippen molar-refractivity contribution in [2.75, 3.05) is 13.1 Å². The molecule has 1 saturated heterocycles. The van der Waals surface area contributed by atoms with Crippen LogP contribution in [0, 0.1) is 0 Å². The highest BCUT2D eigenvalue weighted by molar-refractivity contribution is 5.82. The van der Waals surface area contributed by atoms with Gasteiger partial charge < -0.3 is 16.2 Å². The summed E-state index contributed by atoms with van der Waals surface area (Å²) in [5, 5.41) is 18.8. The van der Waals surface area contributed by atoms with E-state index in [1.807, 2.05) is 29.1 Å². The maximum absolute atomic E-state index is 9.73. The van der Waals surface area contributed by atoms with Gasteiger partial charge in [-0.2, -0.15) is 5.10 Å². The zero-order valence-corrected chi connectivity index (χ0v) is 14.4. The molecule has 1 aliphatic heterocycles. The lowest BCUT2D eigenvalue weighted by atomic mass is 9.76. The standard InChI is InChI=1S/C20H24N4O/c1-20(10-3-11-22-13-20)15-6-8-16(9-7-15)24-12-14-4-2-5-17(19(21)25)18(14)23-24/h2,4-9,12,19,22,25H,3,10-11,13,21H2,1H3. The van der Waals surface area contributed by atoms with Gasteiger partial charge in [-0.25, -0.2) is 4.68 Å². The first-order valence-corrected chi connectivity index (χ1v) is 8.80. The average molecular weight is 336 g/mol. The first-order valence-electron chi connectivity index (χ1n) is 8.80. The van der Waals surface area contributed by atoms with Gasteiger partial charge in [0, 0.05) is 29.1 Å². The van der Waals surface area contributed by atoms with Crippen molar-refractivity contribution in [3.05, 3.63) is 59.8 Å². The average Bonchev–Trinajstić information content (AvgIpc) is 3.06. The Balaban J connectivity index is 1.68. The summed E-state index contributed by atoms with van der Waals surface area (Å²) in [6.07, 6.45) is 3.38. The Morgan fingerprint density at radius 3 is 2.72 bits per heavy atom. The van der Waals surface area contributed by atoms with Crippen LogP contribution in [0.15, 0.2) is 48.7 Å². The summed E-state index contributed by atoms with van der Waals surface area (Å²) >= 11 is 0. The fourth-order valence-electron chi connectivity index (χ4n) is 3.76. The first-order chi connectivity index (χ1) is 12.1. The molecule has 2 atom stereocenters. The maximum atomic E-state index is 9.73. The Kier molecular flexibility index (Phi) is 4.07. The van der Waals surface area contributed by atoms with Crippen molar-refractivity contribution in [3.8, 4) is 5.69 Å². The van der Waals surface area contributed by atoms with Crippen molar-refractivity contribution in [2.45, 2.75) is 31.4 Å². The fraction of sp³-hybridized carbons (Fsp3) is 0.350. The molecule has 4 rings (SSSR count). The molecule has 5 nitrogen and oxygen atoms in total. The molecule has 0 saturated carbocycles. The lowest BCUT2D eigenvalue weighted by Gasteiger charge is -2.34. The van der Waals surface area contributed by atoms with Crippen molar-refractivity contribution in [2.24, 2.45) is 5.73 Å². The van der Waals surface area contributed by atoms with Crippen molar-refractivity contribution < 1.29 is 5.11 Å². The van der Waals surface area contributed by atoms with Gasteiger partial charge in [-0.3, -0.25) is 0 Å². The van der Waals surface area contributed by atoms with Crippen molar-refractivity contribution in [1.82, 2.24) is 15.1 Å². The minimum absolute atomic E-state index is 0.197. The number of aromatic nitrogens is 2. The molecule has 1 fully saturated rings. The van der Waals surface area contributed by atoms with E-state index in [1.54, 1.807) is 0 Å². The Hall–Kier alpha value is -2.21. The van der Waals surface area contributed by atoms with Crippen LogP contribution in [-0.4, -0.2) is 28.0 Å². The van der Waals surface area contributed by atoms with Crippen LogP contribution in [-0.2, 0) is 5.41 Å². The number of piperidine rings is 1. The Morgan fingerprint density at radius 2 is 2.04 bits per heavy atom. The van der Waals surface area contributed by atoms with E-state index in [0.717, 1.165) is 29.7 Å². The summed E-state index contributed by atoms with van der Waals surface area (Å²) in [5.41, 5.74) is 9.59. The number of benzene rings is 2. The molecule has 3 aromatic rings. The van der Waals surface area contributed by atoms with Crippen LogP contribution in [0.4, 0.5) is 0 Å². The van der Waals surface area contributed by atoms with Crippen LogP contribution in [0.1, 0.15) is 37.1 Å². The molecular weight excluding hydrogens is 312 g/mol. The van der Waals surface area contributed by atoms with Gasteiger partial charge >= 0.3 is 0 Å². The lowest BCUT2D eigenvalue weighted by Crippen LogP contribution is -2.41. The van der Waals surface area contributed by atoms with Gasteiger partial charge in [-0.05, 0) is 37.1 Å². The highest BCUT2D eigenvalue weighted by Gasteiger charge is 2.28. The number of fused-ring (bicyclic) bond motifs is 1. The summed E-state index contributed by atoms with van der Waals surface area (Å²) in [6.45, 7) is 4.46. The monoisotopic (exact) mass is 336 g/mol. The topological polar surface area (TPSA) is 76.1 Å². The fourth-order valence-corrected chi connectivity index (χ4v) is 3.76. The second-order valence-corrected chi connectivity index (χ2v) is 7.19. The molecule has 0 aliphatic carbocycles. The number of nitrogens with one attached hydrogen (secondary N) is 1. The predicted octanol–water partition coefficient (Wildman–Crippen LogP) is 2.62. The number of hydrogen-bond donors (Lipinski definition) is 3. The van der Waals surface area contributed by atoms with Gasteiger partial charge in [-0.15, -0.1) is 0 Å². The second-order valence-electron chi connectivity index (χ2n) is 7.19. The molecule has 2 heterocycles. The summed E-state index contributed by atoms with van der Waals surface area (Å²) < 4.78 is 1.85. The predicted molar refractivity (Wildman–Crippen MR) is 99.7 cm³/mol. The van der Waals surface area contributed by atoms with E-state index in [0.29, 0.717) is 5.56 Å². The van der Waals surface area contributed by atoms with Crippen molar-refractivity contribution in [1.29, 1.82) is 0 Å². The number of hydrogen-bond acceptors (Lipinski definition) is 4. The number of rotatable bonds is 3. The zero-order chi connectivity index (χ0) is 17.4. The molecule has 2 aromatic carbocycles. The molecular formula is C20H24N4O. The van der Waals surface area contributed by atoms with Crippen LogP contribution in [0.5, 0.6) is 0 Å². The van der Waals surface area contributed by atoms with E-state index >= 15 is 0 Å². The molecule has 1 aromatic heterocycles. The van der Waals surface area contributed by atoms with Crippen molar-refractivity contribution in [3.63, 3.8) is 0 Å². The Bertz CT molecular complexity index is 876. The van der Waals surface area contributed by atoms with Gasteiger partial charge in [-0.1, -0.05) is 37.3 Å². The van der Waals surface area contributed by atoms with Crippen LogP contribution >= 0.6 is 0 Å². The molecule has 4 N–H and O–H groups in total. The lowest BCUT2D eigenvalue weighted by molar-refractivity contribution is 0.187. The van der Waals surface area contributed by atoms with Gasteiger partial charge in [0.1, 0.15) is 6.23 Å².